The van der Waals surface area contributed by atoms with Gasteiger partial charge in [-0.1, -0.05) is 0 Å². The normalized spacial score (nSPS) is 14.5. The van der Waals surface area contributed by atoms with Crippen molar-refractivity contribution >= 4 is 27.6 Å². The number of hydrogen-bond donors (Lipinski definition) is 1. The van der Waals surface area contributed by atoms with Crippen LogP contribution in [0.1, 0.15) is 5.82 Å². The van der Waals surface area contributed by atoms with E-state index >= 15 is 0 Å². The highest BCUT2D eigenvalue weighted by molar-refractivity contribution is 5.97. The summed E-state index contributed by atoms with van der Waals surface area (Å²) in [5.41, 5.74) is 3.98. The third-order valence-electron chi connectivity index (χ3n) is 5.94. The number of H-pyrrole nitrogens is 1. The molecule has 0 spiro atoms. The monoisotopic (exact) mass is 447 g/mol. The van der Waals surface area contributed by atoms with E-state index in [0.29, 0.717) is 41.5 Å². The van der Waals surface area contributed by atoms with Gasteiger partial charge in [-0.15, -0.1) is 10.2 Å². The van der Waals surface area contributed by atoms with Crippen LogP contribution in [0.5, 0.6) is 0 Å². The maximum atomic E-state index is 14.5. The Morgan fingerprint density at radius 2 is 1.91 bits per heavy atom. The highest BCUT2D eigenvalue weighted by Gasteiger charge is 2.22. The molecule has 1 saturated heterocycles. The number of anilines is 1. The molecule has 0 radical (unpaired) electrons. The summed E-state index contributed by atoms with van der Waals surface area (Å²) in [5, 5.41) is 8.50. The lowest BCUT2D eigenvalue weighted by atomic mass is 10.1. The lowest BCUT2D eigenvalue weighted by molar-refractivity contribution is 0.122. The molecule has 5 aromatic rings. The number of aromatic amines is 1. The predicted octanol–water partition coefficient (Wildman–Crippen LogP) is 3.78. The first-order valence-electron chi connectivity index (χ1n) is 10.6. The quantitative estimate of drug-likeness (QED) is 0.453. The molecule has 1 aliphatic rings. The molecule has 1 fully saturated rings. The number of benzene rings is 2. The van der Waals surface area contributed by atoms with E-state index in [1.807, 2.05) is 23.6 Å². The van der Waals surface area contributed by atoms with Gasteiger partial charge in [0.25, 0.3) is 0 Å². The Balaban J connectivity index is 1.67. The summed E-state index contributed by atoms with van der Waals surface area (Å²) in [5.74, 6) is -0.101. The molecule has 1 aliphatic heterocycles. The Kier molecular flexibility index (Phi) is 4.54. The fourth-order valence-corrected chi connectivity index (χ4v) is 4.46. The molecule has 2 aromatic carbocycles. The van der Waals surface area contributed by atoms with Crippen LogP contribution in [0.2, 0.25) is 0 Å². The zero-order valence-corrected chi connectivity index (χ0v) is 17.7. The molecule has 4 heterocycles. The molecule has 166 valence electrons. The Morgan fingerprint density at radius 3 is 2.70 bits per heavy atom. The standard InChI is InChI=1S/C23H19F2N7O/c1-13-29-22-17(23-27-12-28-30-23)10-15(31-4-6-33-7-5-31)11-20(22)32(13)19-2-3-26-21-16(19)8-14(24)9-18(21)25/h2-3,8-12H,4-7H2,1H3,(H,27,28,30). The van der Waals surface area contributed by atoms with Crippen molar-refractivity contribution in [3.63, 3.8) is 0 Å². The molecule has 0 aliphatic carbocycles. The Labute approximate surface area is 186 Å². The molecule has 0 amide bonds. The number of rotatable bonds is 3. The van der Waals surface area contributed by atoms with Crippen LogP contribution in [0.15, 0.2) is 42.9 Å². The highest BCUT2D eigenvalue weighted by Crippen LogP contribution is 2.35. The first-order chi connectivity index (χ1) is 16.1. The van der Waals surface area contributed by atoms with Crippen molar-refractivity contribution in [3.05, 3.63) is 60.3 Å². The smallest absolute Gasteiger partial charge is 0.163 e. The van der Waals surface area contributed by atoms with E-state index in [1.165, 1.54) is 18.6 Å². The van der Waals surface area contributed by atoms with Gasteiger partial charge in [0, 0.05) is 42.0 Å². The molecule has 1 N–H and O–H groups in total. The molecule has 0 saturated carbocycles. The largest absolute Gasteiger partial charge is 0.378 e. The van der Waals surface area contributed by atoms with Gasteiger partial charge in [-0.05, 0) is 31.2 Å². The molecule has 0 atom stereocenters. The average molecular weight is 447 g/mol. The molecule has 3 aromatic heterocycles. The minimum atomic E-state index is -0.703. The molecule has 0 bridgehead atoms. The number of aromatic nitrogens is 6. The number of aryl methyl sites for hydroxylation is 1. The summed E-state index contributed by atoms with van der Waals surface area (Å²) in [6.45, 7) is 4.65. The number of morpholine rings is 1. The second-order valence-electron chi connectivity index (χ2n) is 7.91. The summed E-state index contributed by atoms with van der Waals surface area (Å²) >= 11 is 0. The van der Waals surface area contributed by atoms with Crippen molar-refractivity contribution in [2.75, 3.05) is 31.2 Å². The van der Waals surface area contributed by atoms with Crippen LogP contribution < -0.4 is 4.90 Å². The third kappa shape index (κ3) is 3.21. The van der Waals surface area contributed by atoms with Crippen LogP contribution in [0.25, 0.3) is 39.0 Å². The van der Waals surface area contributed by atoms with E-state index in [-0.39, 0.29) is 5.52 Å². The van der Waals surface area contributed by atoms with Crippen LogP contribution in [-0.4, -0.2) is 56.0 Å². The Morgan fingerprint density at radius 1 is 1.06 bits per heavy atom. The number of ether oxygens (including phenoxy) is 1. The summed E-state index contributed by atoms with van der Waals surface area (Å²) in [6.07, 6.45) is 3.04. The Bertz CT molecular complexity index is 1490. The van der Waals surface area contributed by atoms with Crippen LogP contribution in [0, 0.1) is 18.6 Å². The van der Waals surface area contributed by atoms with Gasteiger partial charge in [-0.25, -0.2) is 13.8 Å². The lowest BCUT2D eigenvalue weighted by Crippen LogP contribution is -2.36. The van der Waals surface area contributed by atoms with E-state index in [2.05, 4.69) is 25.1 Å². The van der Waals surface area contributed by atoms with Gasteiger partial charge in [0.2, 0.25) is 0 Å². The minimum Gasteiger partial charge on any atom is -0.378 e. The second-order valence-corrected chi connectivity index (χ2v) is 7.91. The maximum Gasteiger partial charge on any atom is 0.163 e. The molecule has 6 rings (SSSR count). The Hall–Kier alpha value is -3.92. The highest BCUT2D eigenvalue weighted by atomic mass is 19.1. The number of nitrogens with zero attached hydrogens (tertiary/aromatic N) is 6. The van der Waals surface area contributed by atoms with Crippen molar-refractivity contribution < 1.29 is 13.5 Å². The van der Waals surface area contributed by atoms with Gasteiger partial charge in [0.05, 0.1) is 24.4 Å². The number of imidazole rings is 1. The number of fused-ring (bicyclic) bond motifs is 2. The number of halogens is 2. The van der Waals surface area contributed by atoms with Gasteiger partial charge in [-0.3, -0.25) is 9.55 Å². The van der Waals surface area contributed by atoms with Crippen molar-refractivity contribution in [1.29, 1.82) is 0 Å². The van der Waals surface area contributed by atoms with Gasteiger partial charge in [-0.2, -0.15) is 0 Å². The molecule has 10 heteroatoms. The fraction of sp³-hybridized carbons (Fsp3) is 0.217. The van der Waals surface area contributed by atoms with Gasteiger partial charge >= 0.3 is 0 Å². The fourth-order valence-electron chi connectivity index (χ4n) is 4.46. The van der Waals surface area contributed by atoms with Crippen LogP contribution in [0.4, 0.5) is 14.5 Å². The zero-order chi connectivity index (χ0) is 22.5. The summed E-state index contributed by atoms with van der Waals surface area (Å²) < 4.78 is 36.1. The minimum absolute atomic E-state index is 0.106. The van der Waals surface area contributed by atoms with E-state index in [9.17, 15) is 8.78 Å². The molecular formula is C23H19F2N7O. The second kappa shape index (κ2) is 7.59. The first-order valence-corrected chi connectivity index (χ1v) is 10.6. The maximum absolute atomic E-state index is 14.5. The number of nitrogens with one attached hydrogen (secondary N) is 1. The van der Waals surface area contributed by atoms with Crippen molar-refractivity contribution in [3.8, 4) is 17.1 Å². The van der Waals surface area contributed by atoms with E-state index in [1.54, 1.807) is 6.07 Å². The van der Waals surface area contributed by atoms with Gasteiger partial charge < -0.3 is 14.6 Å². The molecule has 8 nitrogen and oxygen atoms in total. The zero-order valence-electron chi connectivity index (χ0n) is 17.7. The van der Waals surface area contributed by atoms with Gasteiger partial charge in [0.15, 0.2) is 11.6 Å². The van der Waals surface area contributed by atoms with Crippen molar-refractivity contribution in [2.45, 2.75) is 6.92 Å². The molecule has 0 unspecified atom stereocenters. The summed E-state index contributed by atoms with van der Waals surface area (Å²) in [7, 11) is 0. The number of pyridine rings is 1. The van der Waals surface area contributed by atoms with Gasteiger partial charge in [0.1, 0.15) is 29.0 Å². The summed E-state index contributed by atoms with van der Waals surface area (Å²) in [6, 6.07) is 7.97. The van der Waals surface area contributed by atoms with E-state index < -0.39 is 11.6 Å². The van der Waals surface area contributed by atoms with Crippen molar-refractivity contribution in [2.24, 2.45) is 0 Å². The molecule has 33 heavy (non-hydrogen) atoms. The first kappa shape index (κ1) is 19.7. The SMILES string of the molecule is Cc1nc2c(-c3nnc[nH]3)cc(N3CCOCC3)cc2n1-c1ccnc2c(F)cc(F)cc12. The van der Waals surface area contributed by atoms with E-state index in [0.717, 1.165) is 35.9 Å². The van der Waals surface area contributed by atoms with E-state index in [4.69, 9.17) is 9.72 Å². The lowest BCUT2D eigenvalue weighted by Gasteiger charge is -2.29. The van der Waals surface area contributed by atoms with Crippen LogP contribution in [-0.2, 0) is 4.74 Å². The predicted molar refractivity (Wildman–Crippen MR) is 119 cm³/mol. The summed E-state index contributed by atoms with van der Waals surface area (Å²) in [4.78, 5) is 14.2. The van der Waals surface area contributed by atoms with Crippen molar-refractivity contribution in [1.82, 2.24) is 29.7 Å². The van der Waals surface area contributed by atoms with Crippen LogP contribution >= 0.6 is 0 Å². The topological polar surface area (TPSA) is 84.8 Å². The number of hydrogen-bond acceptors (Lipinski definition) is 6. The average Bonchev–Trinajstić information content (AvgIpc) is 3.46. The van der Waals surface area contributed by atoms with Crippen LogP contribution in [0.3, 0.4) is 0 Å². The third-order valence-corrected chi connectivity index (χ3v) is 5.94. The molecular weight excluding hydrogens is 428 g/mol.